The zero-order chi connectivity index (χ0) is 23.5. The number of fused-ring (bicyclic) bond motifs is 3. The SMILES string of the molecule is CCCn1c(SCC(=O)N(CCC#N)c2cc(C)cc(C)c2)nc2sc3c(c2c1=O)CCC3. The van der Waals surface area contributed by atoms with Gasteiger partial charge in [-0.2, -0.15) is 5.26 Å². The lowest BCUT2D eigenvalue weighted by Crippen LogP contribution is -2.33. The maximum Gasteiger partial charge on any atom is 0.263 e. The molecule has 0 radical (unpaired) electrons. The van der Waals surface area contributed by atoms with Crippen molar-refractivity contribution in [1.29, 1.82) is 5.26 Å². The van der Waals surface area contributed by atoms with Crippen LogP contribution >= 0.6 is 23.1 Å². The van der Waals surface area contributed by atoms with E-state index in [9.17, 15) is 9.59 Å². The number of hydrogen-bond acceptors (Lipinski definition) is 6. The summed E-state index contributed by atoms with van der Waals surface area (Å²) in [5.74, 6) is 0.0665. The van der Waals surface area contributed by atoms with Gasteiger partial charge < -0.3 is 4.90 Å². The molecule has 1 amide bonds. The number of aromatic nitrogens is 2. The van der Waals surface area contributed by atoms with Crippen LogP contribution in [0.4, 0.5) is 5.69 Å². The van der Waals surface area contributed by atoms with E-state index in [0.29, 0.717) is 18.2 Å². The Bertz CT molecular complexity index is 1280. The summed E-state index contributed by atoms with van der Waals surface area (Å²) in [6, 6.07) is 8.14. The van der Waals surface area contributed by atoms with E-state index in [1.807, 2.05) is 32.9 Å². The number of hydrogen-bond donors (Lipinski definition) is 0. The van der Waals surface area contributed by atoms with E-state index in [4.69, 9.17) is 10.2 Å². The minimum Gasteiger partial charge on any atom is -0.311 e. The van der Waals surface area contributed by atoms with Crippen LogP contribution in [-0.2, 0) is 24.2 Å². The average molecular weight is 481 g/mol. The Kier molecular flexibility index (Phi) is 7.20. The van der Waals surface area contributed by atoms with Crippen LogP contribution in [0.15, 0.2) is 28.2 Å². The van der Waals surface area contributed by atoms with Gasteiger partial charge in [-0.3, -0.25) is 14.2 Å². The maximum atomic E-state index is 13.4. The topological polar surface area (TPSA) is 79.0 Å². The Morgan fingerprint density at radius 1 is 1.27 bits per heavy atom. The first-order valence-electron chi connectivity index (χ1n) is 11.4. The van der Waals surface area contributed by atoms with Crippen molar-refractivity contribution in [2.75, 3.05) is 17.2 Å². The van der Waals surface area contributed by atoms with Crippen molar-refractivity contribution >= 4 is 44.9 Å². The van der Waals surface area contributed by atoms with Crippen molar-refractivity contribution in [3.63, 3.8) is 0 Å². The molecule has 0 aliphatic heterocycles. The molecule has 0 N–H and O–H groups in total. The number of nitrogens with zero attached hydrogens (tertiary/aromatic N) is 4. The Labute approximate surface area is 202 Å². The quantitative estimate of drug-likeness (QED) is 0.334. The maximum absolute atomic E-state index is 13.4. The molecule has 1 aliphatic carbocycles. The van der Waals surface area contributed by atoms with E-state index in [1.54, 1.807) is 20.8 Å². The van der Waals surface area contributed by atoms with E-state index in [0.717, 1.165) is 52.7 Å². The molecule has 0 saturated heterocycles. The zero-order valence-electron chi connectivity index (χ0n) is 19.3. The van der Waals surface area contributed by atoms with E-state index >= 15 is 0 Å². The van der Waals surface area contributed by atoms with Gasteiger partial charge in [0.05, 0.1) is 23.6 Å². The highest BCUT2D eigenvalue weighted by Crippen LogP contribution is 2.35. The number of carbonyl (C=O) groups is 1. The van der Waals surface area contributed by atoms with Crippen molar-refractivity contribution < 1.29 is 4.79 Å². The van der Waals surface area contributed by atoms with Crippen molar-refractivity contribution in [3.8, 4) is 6.07 Å². The van der Waals surface area contributed by atoms with E-state index in [2.05, 4.69) is 12.1 Å². The summed E-state index contributed by atoms with van der Waals surface area (Å²) in [6.07, 6.45) is 4.15. The zero-order valence-corrected chi connectivity index (χ0v) is 20.9. The van der Waals surface area contributed by atoms with Crippen LogP contribution in [0.3, 0.4) is 0 Å². The molecule has 0 bridgehead atoms. The summed E-state index contributed by atoms with van der Waals surface area (Å²) in [5.41, 5.74) is 4.15. The second kappa shape index (κ2) is 10.1. The van der Waals surface area contributed by atoms with Gasteiger partial charge >= 0.3 is 0 Å². The molecule has 0 fully saturated rings. The molecule has 2 heterocycles. The largest absolute Gasteiger partial charge is 0.311 e. The molecular formula is C25H28N4O2S2. The van der Waals surface area contributed by atoms with Gasteiger partial charge in [-0.25, -0.2) is 4.98 Å². The molecule has 0 unspecified atom stereocenters. The van der Waals surface area contributed by atoms with E-state index < -0.39 is 0 Å². The first kappa shape index (κ1) is 23.5. The number of benzene rings is 1. The standard InChI is InChI=1S/C25H28N4O2S2/c1-4-10-29-24(31)22-19-7-5-8-20(19)33-23(22)27-25(29)32-15-21(30)28(11-6-9-26)18-13-16(2)12-17(3)14-18/h12-14H,4-8,10-11,15H2,1-3H3. The number of amides is 1. The summed E-state index contributed by atoms with van der Waals surface area (Å²) < 4.78 is 1.74. The van der Waals surface area contributed by atoms with Gasteiger partial charge in [0.15, 0.2) is 5.16 Å². The van der Waals surface area contributed by atoms with Crippen LogP contribution < -0.4 is 10.5 Å². The highest BCUT2D eigenvalue weighted by Gasteiger charge is 2.24. The summed E-state index contributed by atoms with van der Waals surface area (Å²) in [7, 11) is 0. The second-order valence-electron chi connectivity index (χ2n) is 8.48. The molecule has 33 heavy (non-hydrogen) atoms. The lowest BCUT2D eigenvalue weighted by Gasteiger charge is -2.23. The predicted octanol–water partition coefficient (Wildman–Crippen LogP) is 5.01. The smallest absolute Gasteiger partial charge is 0.263 e. The minimum atomic E-state index is -0.0914. The van der Waals surface area contributed by atoms with Gasteiger partial charge in [-0.15, -0.1) is 11.3 Å². The molecule has 0 spiro atoms. The highest BCUT2D eigenvalue weighted by molar-refractivity contribution is 7.99. The number of anilines is 1. The Balaban J connectivity index is 1.63. The molecule has 0 saturated carbocycles. The highest BCUT2D eigenvalue weighted by atomic mass is 32.2. The van der Waals surface area contributed by atoms with Crippen LogP contribution in [0.2, 0.25) is 0 Å². The van der Waals surface area contributed by atoms with Crippen molar-refractivity contribution in [3.05, 3.63) is 50.1 Å². The molecule has 172 valence electrons. The fourth-order valence-corrected chi connectivity index (χ4v) is 6.66. The summed E-state index contributed by atoms with van der Waals surface area (Å²) in [6.45, 7) is 6.96. The third-order valence-corrected chi connectivity index (χ3v) is 7.98. The van der Waals surface area contributed by atoms with Gasteiger partial charge in [-0.1, -0.05) is 24.8 Å². The van der Waals surface area contributed by atoms with Gasteiger partial charge in [-0.05, 0) is 68.4 Å². The second-order valence-corrected chi connectivity index (χ2v) is 10.5. The normalized spacial score (nSPS) is 12.7. The molecule has 2 aromatic heterocycles. The summed E-state index contributed by atoms with van der Waals surface area (Å²) in [5, 5.41) is 10.5. The summed E-state index contributed by atoms with van der Waals surface area (Å²) >= 11 is 2.94. The molecule has 0 atom stereocenters. The van der Waals surface area contributed by atoms with Crippen molar-refractivity contribution in [1.82, 2.24) is 9.55 Å². The number of thioether (sulfide) groups is 1. The lowest BCUT2D eigenvalue weighted by atomic mass is 10.1. The molecule has 8 heteroatoms. The number of carbonyl (C=O) groups excluding carboxylic acids is 1. The third kappa shape index (κ3) is 4.85. The fourth-order valence-electron chi connectivity index (χ4n) is 4.46. The summed E-state index contributed by atoms with van der Waals surface area (Å²) in [4.78, 5) is 35.2. The number of thiophene rings is 1. The first-order chi connectivity index (χ1) is 15.9. The fraction of sp³-hybridized carbons (Fsp3) is 0.440. The molecule has 3 aromatic rings. The van der Waals surface area contributed by atoms with Gasteiger partial charge in [0.2, 0.25) is 5.91 Å². The van der Waals surface area contributed by atoms with Crippen LogP contribution in [0.5, 0.6) is 0 Å². The number of rotatable bonds is 8. The average Bonchev–Trinajstić information content (AvgIpc) is 3.35. The molecule has 1 aliphatic rings. The first-order valence-corrected chi connectivity index (χ1v) is 13.2. The van der Waals surface area contributed by atoms with Crippen LogP contribution in [0.25, 0.3) is 10.2 Å². The monoisotopic (exact) mass is 480 g/mol. The Hall–Kier alpha value is -2.63. The lowest BCUT2D eigenvalue weighted by molar-refractivity contribution is -0.116. The Morgan fingerprint density at radius 2 is 2.03 bits per heavy atom. The molecule has 1 aromatic carbocycles. The van der Waals surface area contributed by atoms with Crippen LogP contribution in [0.1, 0.15) is 47.8 Å². The molecule has 6 nitrogen and oxygen atoms in total. The molecule has 4 rings (SSSR count). The van der Waals surface area contributed by atoms with Crippen molar-refractivity contribution in [2.45, 2.75) is 64.6 Å². The number of aryl methyl sites for hydroxylation is 4. The van der Waals surface area contributed by atoms with Gasteiger partial charge in [0.25, 0.3) is 5.56 Å². The van der Waals surface area contributed by atoms with Crippen LogP contribution in [0, 0.1) is 25.2 Å². The van der Waals surface area contributed by atoms with Gasteiger partial charge in [0, 0.05) is 23.7 Å². The van der Waals surface area contributed by atoms with E-state index in [1.165, 1.54) is 22.2 Å². The number of nitriles is 1. The Morgan fingerprint density at radius 3 is 2.73 bits per heavy atom. The van der Waals surface area contributed by atoms with E-state index in [-0.39, 0.29) is 23.6 Å². The third-order valence-electron chi connectivity index (χ3n) is 5.83. The molecular weight excluding hydrogens is 452 g/mol. The van der Waals surface area contributed by atoms with Gasteiger partial charge in [0.1, 0.15) is 4.83 Å². The predicted molar refractivity (Wildman–Crippen MR) is 135 cm³/mol. The minimum absolute atomic E-state index is 0.0202. The van der Waals surface area contributed by atoms with Crippen molar-refractivity contribution in [2.24, 2.45) is 0 Å². The van der Waals surface area contributed by atoms with Crippen LogP contribution in [-0.4, -0.2) is 27.8 Å².